The van der Waals surface area contributed by atoms with Crippen molar-refractivity contribution in [1.29, 1.82) is 0 Å². The highest BCUT2D eigenvalue weighted by molar-refractivity contribution is 7.14. The molecular weight excluding hydrogens is 286 g/mol. The molecule has 0 fully saturated rings. The maximum atomic E-state index is 11.4. The van der Waals surface area contributed by atoms with Gasteiger partial charge in [0, 0.05) is 6.07 Å². The molecule has 9 heteroatoms. The van der Waals surface area contributed by atoms with Gasteiger partial charge in [0.25, 0.3) is 10.9 Å². The Balaban J connectivity index is 2.12. The van der Waals surface area contributed by atoms with Crippen LogP contribution in [0.1, 0.15) is 16.7 Å². The minimum Gasteiger partial charge on any atom is -0.461 e. The molecule has 0 atom stereocenters. The van der Waals surface area contributed by atoms with Crippen molar-refractivity contribution in [2.75, 3.05) is 6.61 Å². The van der Waals surface area contributed by atoms with E-state index in [1.54, 1.807) is 13.0 Å². The van der Waals surface area contributed by atoms with Crippen molar-refractivity contribution in [3.63, 3.8) is 0 Å². The van der Waals surface area contributed by atoms with Crippen LogP contribution >= 0.6 is 11.3 Å². The number of hydrogen-bond donors (Lipinski definition) is 0. The number of nitrogens with zero attached hydrogens (tertiary/aromatic N) is 3. The highest BCUT2D eigenvalue weighted by Crippen LogP contribution is 2.27. The third-order valence-electron chi connectivity index (χ3n) is 2.09. The summed E-state index contributed by atoms with van der Waals surface area (Å²) in [4.78, 5) is 21.5. The largest absolute Gasteiger partial charge is 0.461 e. The van der Waals surface area contributed by atoms with Crippen molar-refractivity contribution in [3.05, 3.63) is 39.4 Å². The number of esters is 1. The van der Waals surface area contributed by atoms with Crippen molar-refractivity contribution >= 4 is 23.0 Å². The van der Waals surface area contributed by atoms with Crippen LogP contribution in [0.25, 0.3) is 0 Å². The average Bonchev–Trinajstić information content (AvgIpc) is 2.88. The van der Waals surface area contributed by atoms with Crippen LogP contribution in [0.15, 0.2) is 24.3 Å². The van der Waals surface area contributed by atoms with E-state index in [1.807, 2.05) is 0 Å². The Labute approximate surface area is 117 Å². The Hall–Kier alpha value is -2.55. The zero-order chi connectivity index (χ0) is 14.5. The molecule has 8 nitrogen and oxygen atoms in total. The molecule has 0 bridgehead atoms. The number of hydrogen-bond acceptors (Lipinski definition) is 8. The van der Waals surface area contributed by atoms with Gasteiger partial charge in [-0.1, -0.05) is 11.2 Å². The lowest BCUT2D eigenvalue weighted by Crippen LogP contribution is -2.03. The topological polar surface area (TPSA) is 104 Å². The van der Waals surface area contributed by atoms with Gasteiger partial charge in [-0.05, 0) is 24.3 Å². The standard InChI is InChI=1S/C11H9N3O5S/c1-2-18-10(15)9-12-13-11(20-9)19-8-5-3-4-7(6-8)14(16)17/h3-6H,2H2,1H3. The fourth-order valence-corrected chi connectivity index (χ4v) is 1.90. The van der Waals surface area contributed by atoms with Crippen LogP contribution in [0.3, 0.4) is 0 Å². The SMILES string of the molecule is CCOC(=O)c1nnc(Oc2cccc([N+](=O)[O-])c2)s1. The summed E-state index contributed by atoms with van der Waals surface area (Å²) < 4.78 is 10.1. The van der Waals surface area contributed by atoms with Gasteiger partial charge < -0.3 is 9.47 Å². The number of carbonyl (C=O) groups excluding carboxylic acids is 1. The lowest BCUT2D eigenvalue weighted by Gasteiger charge is -1.99. The van der Waals surface area contributed by atoms with Crippen molar-refractivity contribution in [2.45, 2.75) is 6.92 Å². The second-order valence-electron chi connectivity index (χ2n) is 3.45. The average molecular weight is 295 g/mol. The van der Waals surface area contributed by atoms with E-state index in [9.17, 15) is 14.9 Å². The van der Waals surface area contributed by atoms with Gasteiger partial charge in [-0.25, -0.2) is 4.79 Å². The Morgan fingerprint density at radius 2 is 2.25 bits per heavy atom. The van der Waals surface area contributed by atoms with E-state index in [1.165, 1.54) is 18.2 Å². The molecule has 2 rings (SSSR count). The molecule has 2 aromatic rings. The van der Waals surface area contributed by atoms with Gasteiger partial charge in [0.2, 0.25) is 5.01 Å². The van der Waals surface area contributed by atoms with Gasteiger partial charge in [0.05, 0.1) is 17.6 Å². The van der Waals surface area contributed by atoms with Crippen LogP contribution in [-0.4, -0.2) is 27.7 Å². The molecule has 0 unspecified atom stereocenters. The number of ether oxygens (including phenoxy) is 2. The number of nitro benzene ring substituents is 1. The molecule has 1 aromatic carbocycles. The number of carbonyl (C=O) groups is 1. The lowest BCUT2D eigenvalue weighted by atomic mass is 10.3. The first-order valence-electron chi connectivity index (χ1n) is 5.53. The fraction of sp³-hybridized carbons (Fsp3) is 0.182. The van der Waals surface area contributed by atoms with E-state index in [4.69, 9.17) is 9.47 Å². The van der Waals surface area contributed by atoms with E-state index in [0.29, 0.717) is 0 Å². The monoisotopic (exact) mass is 295 g/mol. The van der Waals surface area contributed by atoms with Crippen molar-refractivity contribution < 1.29 is 19.2 Å². The van der Waals surface area contributed by atoms with Crippen LogP contribution in [-0.2, 0) is 4.74 Å². The van der Waals surface area contributed by atoms with E-state index in [2.05, 4.69) is 10.2 Å². The van der Waals surface area contributed by atoms with Crippen LogP contribution in [0.4, 0.5) is 5.69 Å². The zero-order valence-corrected chi connectivity index (χ0v) is 11.1. The molecule has 104 valence electrons. The molecule has 0 saturated heterocycles. The molecule has 0 spiro atoms. The summed E-state index contributed by atoms with van der Waals surface area (Å²) in [7, 11) is 0. The Bertz CT molecular complexity index is 642. The minimum atomic E-state index is -0.584. The molecular formula is C11H9N3O5S. The summed E-state index contributed by atoms with van der Waals surface area (Å²) in [5, 5.41) is 18.1. The second kappa shape index (κ2) is 6.06. The number of aromatic nitrogens is 2. The maximum Gasteiger partial charge on any atom is 0.369 e. The molecule has 0 aliphatic carbocycles. The Kier molecular flexibility index (Phi) is 4.20. The normalized spacial score (nSPS) is 10.1. The van der Waals surface area contributed by atoms with Crippen LogP contribution in [0.5, 0.6) is 10.9 Å². The minimum absolute atomic E-state index is 0.0623. The molecule has 0 N–H and O–H groups in total. The Morgan fingerprint density at radius 3 is 2.95 bits per heavy atom. The van der Waals surface area contributed by atoms with Gasteiger partial charge in [-0.3, -0.25) is 10.1 Å². The van der Waals surface area contributed by atoms with Crippen LogP contribution < -0.4 is 4.74 Å². The first kappa shape index (κ1) is 13.9. The molecule has 0 saturated carbocycles. The first-order chi connectivity index (χ1) is 9.60. The van der Waals surface area contributed by atoms with E-state index in [0.717, 1.165) is 11.3 Å². The Morgan fingerprint density at radius 1 is 1.45 bits per heavy atom. The van der Waals surface area contributed by atoms with Gasteiger partial charge in [-0.2, -0.15) is 0 Å². The third kappa shape index (κ3) is 3.26. The predicted octanol–water partition coefficient (Wildman–Crippen LogP) is 2.42. The molecule has 1 aromatic heterocycles. The number of nitro groups is 1. The predicted molar refractivity (Wildman–Crippen MR) is 69.0 cm³/mol. The quantitative estimate of drug-likeness (QED) is 0.474. The number of rotatable bonds is 5. The first-order valence-corrected chi connectivity index (χ1v) is 6.34. The van der Waals surface area contributed by atoms with E-state index < -0.39 is 10.9 Å². The van der Waals surface area contributed by atoms with Crippen LogP contribution in [0.2, 0.25) is 0 Å². The molecule has 0 aliphatic heterocycles. The molecule has 1 heterocycles. The molecule has 20 heavy (non-hydrogen) atoms. The lowest BCUT2D eigenvalue weighted by molar-refractivity contribution is -0.384. The summed E-state index contributed by atoms with van der Waals surface area (Å²) in [5.74, 6) is -0.343. The molecule has 0 aliphatic rings. The summed E-state index contributed by atoms with van der Waals surface area (Å²) in [6.07, 6.45) is 0. The van der Waals surface area contributed by atoms with Gasteiger partial charge in [0.1, 0.15) is 5.75 Å². The van der Waals surface area contributed by atoms with Crippen molar-refractivity contribution in [2.24, 2.45) is 0 Å². The summed E-state index contributed by atoms with van der Waals surface area (Å²) in [6.45, 7) is 1.92. The summed E-state index contributed by atoms with van der Waals surface area (Å²) in [6, 6.07) is 5.63. The van der Waals surface area contributed by atoms with Crippen molar-refractivity contribution in [3.8, 4) is 10.9 Å². The number of benzene rings is 1. The number of non-ortho nitro benzene ring substituents is 1. The van der Waals surface area contributed by atoms with Crippen molar-refractivity contribution in [1.82, 2.24) is 10.2 Å². The van der Waals surface area contributed by atoms with E-state index >= 15 is 0 Å². The maximum absolute atomic E-state index is 11.4. The molecule has 0 amide bonds. The van der Waals surface area contributed by atoms with Gasteiger partial charge in [0.15, 0.2) is 0 Å². The molecule has 0 radical (unpaired) electrons. The van der Waals surface area contributed by atoms with Crippen LogP contribution in [0, 0.1) is 10.1 Å². The second-order valence-corrected chi connectivity index (χ2v) is 4.39. The zero-order valence-electron chi connectivity index (χ0n) is 10.3. The fourth-order valence-electron chi connectivity index (χ4n) is 1.29. The highest BCUT2D eigenvalue weighted by atomic mass is 32.1. The third-order valence-corrected chi connectivity index (χ3v) is 2.87. The summed E-state index contributed by atoms with van der Waals surface area (Å²) >= 11 is 0.901. The van der Waals surface area contributed by atoms with E-state index in [-0.39, 0.29) is 28.2 Å². The highest BCUT2D eigenvalue weighted by Gasteiger charge is 2.15. The van der Waals surface area contributed by atoms with Gasteiger partial charge >= 0.3 is 5.97 Å². The van der Waals surface area contributed by atoms with Gasteiger partial charge in [-0.15, -0.1) is 5.10 Å². The summed E-state index contributed by atoms with van der Waals surface area (Å²) in [5.41, 5.74) is -0.0994. The smallest absolute Gasteiger partial charge is 0.369 e.